The van der Waals surface area contributed by atoms with E-state index < -0.39 is 0 Å². The van der Waals surface area contributed by atoms with Crippen LogP contribution in [0.5, 0.6) is 0 Å². The predicted molar refractivity (Wildman–Crippen MR) is 66.5 cm³/mol. The number of nitrogens with one attached hydrogen (secondary N) is 1. The van der Waals surface area contributed by atoms with Crippen molar-refractivity contribution in [3.63, 3.8) is 0 Å². The average Bonchev–Trinajstić information content (AvgIpc) is 2.45. The highest BCUT2D eigenvalue weighted by molar-refractivity contribution is 5.93. The first-order chi connectivity index (χ1) is 8.81. The molecule has 2 heterocycles. The fourth-order valence-electron chi connectivity index (χ4n) is 1.87. The number of carbonyl (C=O) groups excluding carboxylic acids is 1. The summed E-state index contributed by atoms with van der Waals surface area (Å²) in [6.45, 7) is 4.21. The van der Waals surface area contributed by atoms with Crippen LogP contribution in [-0.2, 0) is 15.9 Å². The topological polar surface area (TPSA) is 60.5 Å². The van der Waals surface area contributed by atoms with Crippen LogP contribution in [0.2, 0.25) is 0 Å². The zero-order valence-corrected chi connectivity index (χ0v) is 10.5. The number of nitrogens with zero attached hydrogens (tertiary/aromatic N) is 1. The SMILES string of the molecule is CCc1cccnc1C(=O)NCC1COCCO1. The molecule has 0 radical (unpaired) electrons. The highest BCUT2D eigenvalue weighted by Gasteiger charge is 2.17. The number of rotatable bonds is 4. The lowest BCUT2D eigenvalue weighted by Gasteiger charge is -2.23. The molecule has 1 saturated heterocycles. The van der Waals surface area contributed by atoms with Crippen LogP contribution in [0.25, 0.3) is 0 Å². The molecule has 1 aliphatic heterocycles. The normalized spacial score (nSPS) is 19.5. The Bertz CT molecular complexity index is 403. The Kier molecular flexibility index (Phi) is 4.66. The maximum atomic E-state index is 12.0. The second kappa shape index (κ2) is 6.47. The van der Waals surface area contributed by atoms with Gasteiger partial charge in [0.25, 0.3) is 5.91 Å². The van der Waals surface area contributed by atoms with Crippen molar-refractivity contribution >= 4 is 5.91 Å². The van der Waals surface area contributed by atoms with E-state index in [9.17, 15) is 4.79 Å². The summed E-state index contributed by atoms with van der Waals surface area (Å²) in [4.78, 5) is 16.1. The quantitative estimate of drug-likeness (QED) is 0.858. The number of amides is 1. The highest BCUT2D eigenvalue weighted by atomic mass is 16.6. The van der Waals surface area contributed by atoms with Crippen LogP contribution in [0.1, 0.15) is 23.0 Å². The van der Waals surface area contributed by atoms with E-state index in [1.165, 1.54) is 0 Å². The van der Waals surface area contributed by atoms with E-state index in [1.54, 1.807) is 6.20 Å². The molecule has 1 amide bonds. The van der Waals surface area contributed by atoms with Crippen LogP contribution >= 0.6 is 0 Å². The standard InChI is InChI=1S/C13H18N2O3/c1-2-10-4-3-5-14-12(10)13(16)15-8-11-9-17-6-7-18-11/h3-5,11H,2,6-9H2,1H3,(H,15,16). The number of hydrogen-bond acceptors (Lipinski definition) is 4. The summed E-state index contributed by atoms with van der Waals surface area (Å²) < 4.78 is 10.7. The van der Waals surface area contributed by atoms with Gasteiger partial charge in [-0.1, -0.05) is 13.0 Å². The van der Waals surface area contributed by atoms with E-state index in [1.807, 2.05) is 19.1 Å². The molecule has 1 unspecified atom stereocenters. The van der Waals surface area contributed by atoms with Gasteiger partial charge in [0, 0.05) is 12.7 Å². The van der Waals surface area contributed by atoms with Crippen molar-refractivity contribution in [1.29, 1.82) is 0 Å². The molecule has 0 spiro atoms. The van der Waals surface area contributed by atoms with Crippen LogP contribution in [0.4, 0.5) is 0 Å². The number of carbonyl (C=O) groups is 1. The van der Waals surface area contributed by atoms with Crippen LogP contribution in [0, 0.1) is 0 Å². The van der Waals surface area contributed by atoms with E-state index in [4.69, 9.17) is 9.47 Å². The van der Waals surface area contributed by atoms with E-state index >= 15 is 0 Å². The number of ether oxygens (including phenoxy) is 2. The Morgan fingerprint density at radius 1 is 1.56 bits per heavy atom. The highest BCUT2D eigenvalue weighted by Crippen LogP contribution is 2.06. The van der Waals surface area contributed by atoms with Crippen molar-refractivity contribution in [1.82, 2.24) is 10.3 Å². The molecule has 1 aliphatic rings. The number of pyridine rings is 1. The second-order valence-electron chi connectivity index (χ2n) is 4.14. The van der Waals surface area contributed by atoms with Gasteiger partial charge in [0.05, 0.1) is 25.9 Å². The molecule has 1 aromatic rings. The van der Waals surface area contributed by atoms with Crippen LogP contribution in [0.3, 0.4) is 0 Å². The van der Waals surface area contributed by atoms with Gasteiger partial charge in [-0.05, 0) is 18.1 Å². The van der Waals surface area contributed by atoms with E-state index in [0.717, 1.165) is 12.0 Å². The summed E-state index contributed by atoms with van der Waals surface area (Å²) in [6, 6.07) is 3.76. The molecule has 1 fully saturated rings. The molecule has 1 atom stereocenters. The van der Waals surface area contributed by atoms with Gasteiger partial charge in [-0.2, -0.15) is 0 Å². The minimum atomic E-state index is -0.151. The van der Waals surface area contributed by atoms with Gasteiger partial charge in [0.1, 0.15) is 5.69 Å². The van der Waals surface area contributed by atoms with Gasteiger partial charge in [-0.15, -0.1) is 0 Å². The summed E-state index contributed by atoms with van der Waals surface area (Å²) in [5.74, 6) is -0.151. The first-order valence-electron chi connectivity index (χ1n) is 6.22. The molecular formula is C13H18N2O3. The molecule has 1 N–H and O–H groups in total. The Morgan fingerprint density at radius 2 is 2.44 bits per heavy atom. The average molecular weight is 250 g/mol. The minimum absolute atomic E-state index is 0.0588. The fraction of sp³-hybridized carbons (Fsp3) is 0.538. The maximum Gasteiger partial charge on any atom is 0.270 e. The smallest absolute Gasteiger partial charge is 0.270 e. The lowest BCUT2D eigenvalue weighted by Crippen LogP contribution is -2.40. The third-order valence-corrected chi connectivity index (χ3v) is 2.86. The summed E-state index contributed by atoms with van der Waals surface area (Å²) in [5, 5.41) is 2.84. The van der Waals surface area contributed by atoms with Crippen molar-refractivity contribution in [3.8, 4) is 0 Å². The molecule has 5 nitrogen and oxygen atoms in total. The van der Waals surface area contributed by atoms with Crippen molar-refractivity contribution in [2.75, 3.05) is 26.4 Å². The van der Waals surface area contributed by atoms with Crippen LogP contribution < -0.4 is 5.32 Å². The molecule has 0 bridgehead atoms. The van der Waals surface area contributed by atoms with Gasteiger partial charge < -0.3 is 14.8 Å². The maximum absolute atomic E-state index is 12.0. The molecule has 0 aromatic carbocycles. The molecule has 0 saturated carbocycles. The fourth-order valence-corrected chi connectivity index (χ4v) is 1.87. The zero-order valence-electron chi connectivity index (χ0n) is 10.5. The van der Waals surface area contributed by atoms with Gasteiger partial charge >= 0.3 is 0 Å². The lowest BCUT2D eigenvalue weighted by atomic mass is 10.1. The number of aryl methyl sites for hydroxylation is 1. The third-order valence-electron chi connectivity index (χ3n) is 2.86. The van der Waals surface area contributed by atoms with Crippen molar-refractivity contribution in [3.05, 3.63) is 29.6 Å². The molecule has 98 valence electrons. The monoisotopic (exact) mass is 250 g/mol. The van der Waals surface area contributed by atoms with E-state index in [2.05, 4.69) is 10.3 Å². The Labute approximate surface area is 107 Å². The van der Waals surface area contributed by atoms with Crippen LogP contribution in [0.15, 0.2) is 18.3 Å². The third kappa shape index (κ3) is 3.27. The summed E-state index contributed by atoms with van der Waals surface area (Å²) in [6.07, 6.45) is 2.37. The van der Waals surface area contributed by atoms with Gasteiger partial charge in [0.2, 0.25) is 0 Å². The largest absolute Gasteiger partial charge is 0.376 e. The Morgan fingerprint density at radius 3 is 3.17 bits per heavy atom. The van der Waals surface area contributed by atoms with Gasteiger partial charge in [-0.25, -0.2) is 0 Å². The Balaban J connectivity index is 1.90. The predicted octanol–water partition coefficient (Wildman–Crippen LogP) is 0.789. The number of aromatic nitrogens is 1. The summed E-state index contributed by atoms with van der Waals surface area (Å²) in [5.41, 5.74) is 1.45. The van der Waals surface area contributed by atoms with Gasteiger partial charge in [0.15, 0.2) is 0 Å². The summed E-state index contributed by atoms with van der Waals surface area (Å²) >= 11 is 0. The Hall–Kier alpha value is -1.46. The first-order valence-corrected chi connectivity index (χ1v) is 6.22. The molecular weight excluding hydrogens is 232 g/mol. The minimum Gasteiger partial charge on any atom is -0.376 e. The molecule has 5 heteroatoms. The second-order valence-corrected chi connectivity index (χ2v) is 4.14. The molecule has 0 aliphatic carbocycles. The van der Waals surface area contributed by atoms with E-state index in [0.29, 0.717) is 32.1 Å². The molecule has 1 aromatic heterocycles. The van der Waals surface area contributed by atoms with Crippen LogP contribution in [-0.4, -0.2) is 43.4 Å². The van der Waals surface area contributed by atoms with Crippen molar-refractivity contribution < 1.29 is 14.3 Å². The number of hydrogen-bond donors (Lipinski definition) is 1. The van der Waals surface area contributed by atoms with E-state index in [-0.39, 0.29) is 12.0 Å². The van der Waals surface area contributed by atoms with Crippen molar-refractivity contribution in [2.24, 2.45) is 0 Å². The lowest BCUT2D eigenvalue weighted by molar-refractivity contribution is -0.0855. The van der Waals surface area contributed by atoms with Crippen molar-refractivity contribution in [2.45, 2.75) is 19.4 Å². The first kappa shape index (κ1) is 13.0. The zero-order chi connectivity index (χ0) is 12.8. The van der Waals surface area contributed by atoms with Gasteiger partial charge in [-0.3, -0.25) is 9.78 Å². The summed E-state index contributed by atoms with van der Waals surface area (Å²) in [7, 11) is 0. The molecule has 2 rings (SSSR count). The molecule has 18 heavy (non-hydrogen) atoms.